The minimum Gasteiger partial charge on any atom is -0.384 e. The zero-order valence-electron chi connectivity index (χ0n) is 12.3. The summed E-state index contributed by atoms with van der Waals surface area (Å²) in [5.74, 6) is -1.90. The van der Waals surface area contributed by atoms with Crippen LogP contribution in [-0.4, -0.2) is 15.9 Å². The smallest absolute Gasteiger partial charge is 0.271 e. The Labute approximate surface area is 140 Å². The van der Waals surface area contributed by atoms with E-state index >= 15 is 0 Å². The highest BCUT2D eigenvalue weighted by atomic mass is 32.1. The van der Waals surface area contributed by atoms with E-state index in [0.717, 1.165) is 12.1 Å². The first-order chi connectivity index (χ1) is 11.5. The van der Waals surface area contributed by atoms with Crippen LogP contribution in [0.4, 0.5) is 14.6 Å². The first kappa shape index (κ1) is 16.0. The number of hydrogen-bond acceptors (Lipinski definition) is 5. The number of benzene rings is 1. The van der Waals surface area contributed by atoms with Gasteiger partial charge in [-0.3, -0.25) is 4.79 Å². The summed E-state index contributed by atoms with van der Waals surface area (Å²) in [6.07, 6.45) is 0. The highest BCUT2D eigenvalue weighted by Crippen LogP contribution is 2.25. The molecule has 24 heavy (non-hydrogen) atoms. The zero-order chi connectivity index (χ0) is 17.1. The Morgan fingerprint density at radius 1 is 1.17 bits per heavy atom. The monoisotopic (exact) mass is 346 g/mol. The van der Waals surface area contributed by atoms with Crippen molar-refractivity contribution >= 4 is 23.1 Å². The molecule has 0 aliphatic heterocycles. The minimum atomic E-state index is -0.957. The Morgan fingerprint density at radius 3 is 2.75 bits per heavy atom. The first-order valence-corrected chi connectivity index (χ1v) is 7.81. The molecule has 8 heteroatoms. The van der Waals surface area contributed by atoms with Crippen molar-refractivity contribution in [2.24, 2.45) is 0 Å². The number of rotatable bonds is 4. The summed E-state index contributed by atoms with van der Waals surface area (Å²) in [6.45, 7) is 0.210. The van der Waals surface area contributed by atoms with Crippen molar-refractivity contribution in [2.75, 3.05) is 5.73 Å². The summed E-state index contributed by atoms with van der Waals surface area (Å²) >= 11 is 1.17. The van der Waals surface area contributed by atoms with E-state index in [1.165, 1.54) is 17.4 Å². The van der Waals surface area contributed by atoms with E-state index in [2.05, 4.69) is 15.3 Å². The van der Waals surface area contributed by atoms with Gasteiger partial charge in [-0.1, -0.05) is 6.07 Å². The van der Waals surface area contributed by atoms with Crippen molar-refractivity contribution in [3.05, 3.63) is 64.8 Å². The van der Waals surface area contributed by atoms with Crippen LogP contribution in [0.15, 0.2) is 41.8 Å². The fraction of sp³-hybridized carbons (Fsp3) is 0.0625. The summed E-state index contributed by atoms with van der Waals surface area (Å²) in [5, 5.41) is 4.67. The van der Waals surface area contributed by atoms with Gasteiger partial charge >= 0.3 is 0 Å². The van der Waals surface area contributed by atoms with Crippen LogP contribution in [-0.2, 0) is 6.54 Å². The molecule has 0 fully saturated rings. The molecule has 1 amide bonds. The van der Waals surface area contributed by atoms with Gasteiger partial charge in [-0.25, -0.2) is 18.7 Å². The quantitative estimate of drug-likeness (QED) is 0.761. The number of hydrogen-bond donors (Lipinski definition) is 2. The Morgan fingerprint density at radius 2 is 2.00 bits per heavy atom. The van der Waals surface area contributed by atoms with Crippen LogP contribution in [0.3, 0.4) is 0 Å². The maximum absolute atomic E-state index is 13.3. The highest BCUT2D eigenvalue weighted by molar-refractivity contribution is 7.13. The third-order valence-corrected chi connectivity index (χ3v) is 4.05. The zero-order valence-corrected chi connectivity index (χ0v) is 13.1. The van der Waals surface area contributed by atoms with Gasteiger partial charge in [-0.05, 0) is 30.3 Å². The fourth-order valence-electron chi connectivity index (χ4n) is 2.00. The standard InChI is InChI=1S/C16H12F2N4OS/c17-11-5-4-9(6-12(11)18)16-22-13(8-24-16)15(23)20-7-10-2-1-3-14(19)21-10/h1-6,8H,7H2,(H2,19,21)(H,20,23). The number of aromatic nitrogens is 2. The van der Waals surface area contributed by atoms with Crippen LogP contribution in [0, 0.1) is 11.6 Å². The molecule has 5 nitrogen and oxygen atoms in total. The number of nitrogens with two attached hydrogens (primary N) is 1. The lowest BCUT2D eigenvalue weighted by molar-refractivity contribution is 0.0946. The Kier molecular flexibility index (Phi) is 4.48. The number of amides is 1. The van der Waals surface area contributed by atoms with E-state index in [9.17, 15) is 13.6 Å². The van der Waals surface area contributed by atoms with E-state index in [4.69, 9.17) is 5.73 Å². The molecule has 0 bridgehead atoms. The second-order valence-electron chi connectivity index (χ2n) is 4.90. The Balaban J connectivity index is 1.70. The fourth-order valence-corrected chi connectivity index (χ4v) is 2.79. The van der Waals surface area contributed by atoms with Crippen LogP contribution < -0.4 is 11.1 Å². The molecule has 0 radical (unpaired) electrons. The highest BCUT2D eigenvalue weighted by Gasteiger charge is 2.13. The average Bonchev–Trinajstić information content (AvgIpc) is 3.05. The van der Waals surface area contributed by atoms with Crippen molar-refractivity contribution in [1.29, 1.82) is 0 Å². The topological polar surface area (TPSA) is 80.9 Å². The number of nitrogens with zero attached hydrogens (tertiary/aromatic N) is 2. The SMILES string of the molecule is Nc1cccc(CNC(=O)c2csc(-c3ccc(F)c(F)c3)n2)n1. The molecule has 0 aliphatic carbocycles. The molecular weight excluding hydrogens is 334 g/mol. The van der Waals surface area contributed by atoms with E-state index in [1.54, 1.807) is 23.6 Å². The Bertz CT molecular complexity index is 897. The molecule has 3 rings (SSSR count). The van der Waals surface area contributed by atoms with E-state index < -0.39 is 11.6 Å². The van der Waals surface area contributed by atoms with Crippen LogP contribution >= 0.6 is 11.3 Å². The average molecular weight is 346 g/mol. The number of carbonyl (C=O) groups is 1. The van der Waals surface area contributed by atoms with Crippen molar-refractivity contribution < 1.29 is 13.6 Å². The second kappa shape index (κ2) is 6.71. The summed E-state index contributed by atoms with van der Waals surface area (Å²) in [6, 6.07) is 8.62. The largest absolute Gasteiger partial charge is 0.384 e. The minimum absolute atomic E-state index is 0.198. The lowest BCUT2D eigenvalue weighted by Gasteiger charge is -2.03. The van der Waals surface area contributed by atoms with Crippen molar-refractivity contribution in [3.8, 4) is 10.6 Å². The molecule has 0 saturated carbocycles. The summed E-state index contributed by atoms with van der Waals surface area (Å²) in [5.41, 5.74) is 6.81. The molecule has 3 aromatic rings. The number of anilines is 1. The number of pyridine rings is 1. The normalized spacial score (nSPS) is 10.6. The van der Waals surface area contributed by atoms with Crippen molar-refractivity contribution in [2.45, 2.75) is 6.54 Å². The van der Waals surface area contributed by atoms with Gasteiger partial charge in [0.15, 0.2) is 11.6 Å². The predicted molar refractivity (Wildman–Crippen MR) is 87.3 cm³/mol. The molecule has 0 unspecified atom stereocenters. The van der Waals surface area contributed by atoms with E-state index in [0.29, 0.717) is 22.1 Å². The maximum atomic E-state index is 13.3. The molecule has 0 aliphatic rings. The molecule has 0 atom stereocenters. The maximum Gasteiger partial charge on any atom is 0.271 e. The lowest BCUT2D eigenvalue weighted by atomic mass is 10.2. The van der Waals surface area contributed by atoms with E-state index in [1.807, 2.05) is 0 Å². The van der Waals surface area contributed by atoms with Gasteiger partial charge in [0.2, 0.25) is 0 Å². The molecular formula is C16H12F2N4OS. The molecule has 2 heterocycles. The second-order valence-corrected chi connectivity index (χ2v) is 5.76. The van der Waals surface area contributed by atoms with Crippen LogP contribution in [0.25, 0.3) is 10.6 Å². The number of carbonyl (C=O) groups excluding carboxylic acids is 1. The number of nitrogens with one attached hydrogen (secondary N) is 1. The third kappa shape index (κ3) is 3.54. The molecule has 2 aromatic heterocycles. The van der Waals surface area contributed by atoms with Gasteiger partial charge in [-0.2, -0.15) is 0 Å². The third-order valence-electron chi connectivity index (χ3n) is 3.16. The van der Waals surface area contributed by atoms with Crippen molar-refractivity contribution in [3.63, 3.8) is 0 Å². The van der Waals surface area contributed by atoms with Gasteiger partial charge in [0.1, 0.15) is 16.5 Å². The van der Waals surface area contributed by atoms with Gasteiger partial charge in [0, 0.05) is 10.9 Å². The number of nitrogen functional groups attached to an aromatic ring is 1. The van der Waals surface area contributed by atoms with Gasteiger partial charge in [0.25, 0.3) is 5.91 Å². The summed E-state index contributed by atoms with van der Waals surface area (Å²) < 4.78 is 26.2. The lowest BCUT2D eigenvalue weighted by Crippen LogP contribution is -2.23. The van der Waals surface area contributed by atoms with Crippen LogP contribution in [0.2, 0.25) is 0 Å². The molecule has 0 saturated heterocycles. The van der Waals surface area contributed by atoms with Crippen LogP contribution in [0.5, 0.6) is 0 Å². The molecule has 1 aromatic carbocycles. The molecule has 122 valence electrons. The van der Waals surface area contributed by atoms with Gasteiger partial charge < -0.3 is 11.1 Å². The van der Waals surface area contributed by atoms with Crippen LogP contribution in [0.1, 0.15) is 16.2 Å². The predicted octanol–water partition coefficient (Wildman–Crippen LogP) is 3.00. The summed E-state index contributed by atoms with van der Waals surface area (Å²) in [7, 11) is 0. The molecule has 0 spiro atoms. The molecule has 3 N–H and O–H groups in total. The summed E-state index contributed by atoms with van der Waals surface area (Å²) in [4.78, 5) is 20.3. The van der Waals surface area contributed by atoms with E-state index in [-0.39, 0.29) is 18.1 Å². The van der Waals surface area contributed by atoms with Gasteiger partial charge in [-0.15, -0.1) is 11.3 Å². The van der Waals surface area contributed by atoms with Gasteiger partial charge in [0.05, 0.1) is 12.2 Å². The van der Waals surface area contributed by atoms with Crippen molar-refractivity contribution in [1.82, 2.24) is 15.3 Å². The Hall–Kier alpha value is -2.87. The number of thiazole rings is 1. The number of halogens is 2. The first-order valence-electron chi connectivity index (χ1n) is 6.93.